The fourth-order valence-electron chi connectivity index (χ4n) is 1.25. The molecule has 0 aliphatic rings. The molecule has 0 radical (unpaired) electrons. The van der Waals surface area contributed by atoms with Gasteiger partial charge in [0.15, 0.2) is 0 Å². The van der Waals surface area contributed by atoms with Gasteiger partial charge in [-0.25, -0.2) is 0 Å². The van der Waals surface area contributed by atoms with Gasteiger partial charge in [-0.1, -0.05) is 0 Å². The molecule has 0 aliphatic carbocycles. The van der Waals surface area contributed by atoms with Crippen LogP contribution < -0.4 is 0 Å². The molecule has 1 heterocycles. The van der Waals surface area contributed by atoms with Gasteiger partial charge in [-0.2, -0.15) is 0 Å². The third kappa shape index (κ3) is 1.46. The summed E-state index contributed by atoms with van der Waals surface area (Å²) in [5.41, 5.74) is 1.56. The van der Waals surface area contributed by atoms with Crippen LogP contribution in [0.4, 0.5) is 0 Å². The smallest absolute Gasteiger partial charge is 0.116 e. The molecule has 3 nitrogen and oxygen atoms in total. The second kappa shape index (κ2) is 3.03. The summed E-state index contributed by atoms with van der Waals surface area (Å²) >= 11 is 0. The number of aliphatic hydroxyl groups is 1. The Morgan fingerprint density at radius 2 is 2.08 bits per heavy atom. The number of hydrogen-bond donors (Lipinski definition) is 2. The lowest BCUT2D eigenvalue weighted by molar-refractivity contribution is 0.281. The highest BCUT2D eigenvalue weighted by Gasteiger charge is 1.97. The van der Waals surface area contributed by atoms with Gasteiger partial charge in [0.2, 0.25) is 0 Å². The van der Waals surface area contributed by atoms with Gasteiger partial charge in [0.1, 0.15) is 5.75 Å². The first-order valence-corrected chi connectivity index (χ1v) is 3.98. The van der Waals surface area contributed by atoms with Gasteiger partial charge in [0, 0.05) is 11.6 Å². The molecule has 13 heavy (non-hydrogen) atoms. The molecule has 3 heteroatoms. The summed E-state index contributed by atoms with van der Waals surface area (Å²) in [6, 6.07) is 6.77. The van der Waals surface area contributed by atoms with Crippen LogP contribution >= 0.6 is 0 Å². The molecule has 2 aromatic rings. The van der Waals surface area contributed by atoms with Crippen LogP contribution in [0.25, 0.3) is 10.9 Å². The number of pyridine rings is 1. The molecule has 2 rings (SSSR count). The summed E-state index contributed by atoms with van der Waals surface area (Å²) < 4.78 is 0. The van der Waals surface area contributed by atoms with E-state index in [2.05, 4.69) is 4.98 Å². The first kappa shape index (κ1) is 8.01. The Balaban J connectivity index is 2.68. The number of aromatic nitrogens is 1. The van der Waals surface area contributed by atoms with E-state index in [1.165, 1.54) is 0 Å². The van der Waals surface area contributed by atoms with Crippen molar-refractivity contribution in [2.45, 2.75) is 6.61 Å². The van der Waals surface area contributed by atoms with Crippen molar-refractivity contribution in [1.82, 2.24) is 4.98 Å². The van der Waals surface area contributed by atoms with Crippen molar-refractivity contribution in [1.29, 1.82) is 0 Å². The normalized spacial score (nSPS) is 10.5. The summed E-state index contributed by atoms with van der Waals surface area (Å²) in [4.78, 5) is 4.12. The zero-order chi connectivity index (χ0) is 9.26. The maximum absolute atomic E-state index is 9.20. The van der Waals surface area contributed by atoms with Crippen LogP contribution in [0.15, 0.2) is 30.5 Å². The Hall–Kier alpha value is -1.61. The van der Waals surface area contributed by atoms with Crippen molar-refractivity contribution in [2.75, 3.05) is 0 Å². The second-order valence-corrected chi connectivity index (χ2v) is 2.88. The van der Waals surface area contributed by atoms with E-state index in [0.29, 0.717) is 0 Å². The van der Waals surface area contributed by atoms with Gasteiger partial charge >= 0.3 is 0 Å². The van der Waals surface area contributed by atoms with Gasteiger partial charge in [-0.3, -0.25) is 4.98 Å². The third-order valence-electron chi connectivity index (χ3n) is 1.90. The summed E-state index contributed by atoms with van der Waals surface area (Å²) in [6.45, 7) is -0.0292. The van der Waals surface area contributed by atoms with E-state index in [9.17, 15) is 5.11 Å². The summed E-state index contributed by atoms with van der Waals surface area (Å²) in [5.74, 6) is 0.212. The van der Waals surface area contributed by atoms with Crippen LogP contribution in [0.2, 0.25) is 0 Å². The molecule has 0 bridgehead atoms. The Kier molecular flexibility index (Phi) is 1.87. The first-order chi connectivity index (χ1) is 6.29. The molecule has 0 spiro atoms. The molecule has 66 valence electrons. The average Bonchev–Trinajstić information content (AvgIpc) is 2.16. The Morgan fingerprint density at radius 3 is 2.85 bits per heavy atom. The number of aromatic hydroxyl groups is 1. The van der Waals surface area contributed by atoms with Crippen LogP contribution in [0, 0.1) is 0 Å². The van der Waals surface area contributed by atoms with Gasteiger partial charge in [-0.15, -0.1) is 0 Å². The Morgan fingerprint density at radius 1 is 1.23 bits per heavy atom. The number of hydrogen-bond acceptors (Lipinski definition) is 3. The molecule has 0 saturated heterocycles. The van der Waals surface area contributed by atoms with E-state index in [-0.39, 0.29) is 12.4 Å². The van der Waals surface area contributed by atoms with Crippen molar-refractivity contribution in [3.05, 3.63) is 36.0 Å². The van der Waals surface area contributed by atoms with E-state index in [1.54, 1.807) is 24.4 Å². The largest absolute Gasteiger partial charge is 0.508 e. The van der Waals surface area contributed by atoms with Crippen molar-refractivity contribution in [2.24, 2.45) is 0 Å². The highest BCUT2D eigenvalue weighted by Crippen LogP contribution is 2.18. The SMILES string of the molecule is OCc1cnc2ccc(O)cc2c1. The molecular weight excluding hydrogens is 166 g/mol. The zero-order valence-electron chi connectivity index (χ0n) is 6.94. The molecule has 0 aliphatic heterocycles. The lowest BCUT2D eigenvalue weighted by atomic mass is 10.1. The monoisotopic (exact) mass is 175 g/mol. The van der Waals surface area contributed by atoms with Gasteiger partial charge in [-0.05, 0) is 29.8 Å². The molecule has 1 aromatic carbocycles. The van der Waals surface area contributed by atoms with Crippen LogP contribution in [0.5, 0.6) is 5.75 Å². The van der Waals surface area contributed by atoms with Crippen LogP contribution in [0.3, 0.4) is 0 Å². The Labute approximate surface area is 75.3 Å². The summed E-state index contributed by atoms with van der Waals surface area (Å²) in [7, 11) is 0. The number of phenols is 1. The van der Waals surface area contributed by atoms with E-state index in [4.69, 9.17) is 5.11 Å². The predicted molar refractivity (Wildman–Crippen MR) is 49.3 cm³/mol. The number of phenolic OH excluding ortho intramolecular Hbond substituents is 1. The van der Waals surface area contributed by atoms with Crippen molar-refractivity contribution in [3.63, 3.8) is 0 Å². The molecule has 2 N–H and O–H groups in total. The molecule has 0 fully saturated rings. The minimum atomic E-state index is -0.0292. The third-order valence-corrected chi connectivity index (χ3v) is 1.90. The van der Waals surface area contributed by atoms with E-state index in [1.807, 2.05) is 6.07 Å². The fourth-order valence-corrected chi connectivity index (χ4v) is 1.25. The molecular formula is C10H9NO2. The lowest BCUT2D eigenvalue weighted by Crippen LogP contribution is -1.85. The van der Waals surface area contributed by atoms with E-state index >= 15 is 0 Å². The first-order valence-electron chi connectivity index (χ1n) is 3.98. The number of rotatable bonds is 1. The Bertz CT molecular complexity index is 440. The standard InChI is InChI=1S/C10H9NO2/c12-6-7-3-8-4-9(13)1-2-10(8)11-5-7/h1-5,12-13H,6H2. The van der Waals surface area contributed by atoms with Crippen molar-refractivity contribution in [3.8, 4) is 5.75 Å². The van der Waals surface area contributed by atoms with E-state index in [0.717, 1.165) is 16.5 Å². The topological polar surface area (TPSA) is 53.4 Å². The molecule has 0 atom stereocenters. The minimum absolute atomic E-state index is 0.0292. The van der Waals surface area contributed by atoms with Crippen molar-refractivity contribution >= 4 is 10.9 Å². The predicted octanol–water partition coefficient (Wildman–Crippen LogP) is 1.43. The maximum Gasteiger partial charge on any atom is 0.116 e. The van der Waals surface area contributed by atoms with Crippen LogP contribution in [-0.2, 0) is 6.61 Å². The number of aliphatic hydroxyl groups excluding tert-OH is 1. The van der Waals surface area contributed by atoms with Crippen molar-refractivity contribution < 1.29 is 10.2 Å². The van der Waals surface area contributed by atoms with Gasteiger partial charge in [0.05, 0.1) is 12.1 Å². The quantitative estimate of drug-likeness (QED) is 0.689. The van der Waals surface area contributed by atoms with Crippen LogP contribution in [-0.4, -0.2) is 15.2 Å². The molecule has 1 aromatic heterocycles. The van der Waals surface area contributed by atoms with Crippen LogP contribution in [0.1, 0.15) is 5.56 Å². The number of nitrogens with zero attached hydrogens (tertiary/aromatic N) is 1. The van der Waals surface area contributed by atoms with Gasteiger partial charge < -0.3 is 10.2 Å². The maximum atomic E-state index is 9.20. The summed E-state index contributed by atoms with van der Waals surface area (Å²) in [6.07, 6.45) is 1.62. The average molecular weight is 175 g/mol. The minimum Gasteiger partial charge on any atom is -0.508 e. The molecule has 0 amide bonds. The fraction of sp³-hybridized carbons (Fsp3) is 0.100. The van der Waals surface area contributed by atoms with Gasteiger partial charge in [0.25, 0.3) is 0 Å². The molecule has 0 unspecified atom stereocenters. The highest BCUT2D eigenvalue weighted by atomic mass is 16.3. The number of benzene rings is 1. The highest BCUT2D eigenvalue weighted by molar-refractivity contribution is 5.80. The second-order valence-electron chi connectivity index (χ2n) is 2.88. The van der Waals surface area contributed by atoms with E-state index < -0.39 is 0 Å². The lowest BCUT2D eigenvalue weighted by Gasteiger charge is -2.00. The zero-order valence-corrected chi connectivity index (χ0v) is 6.94. The summed E-state index contributed by atoms with van der Waals surface area (Å²) in [5, 5.41) is 18.9. The number of fused-ring (bicyclic) bond motifs is 1. The molecule has 0 saturated carbocycles.